The molecule has 0 aromatic rings. The lowest BCUT2D eigenvalue weighted by Crippen LogP contribution is -2.44. The molecule has 1 fully saturated rings. The van der Waals surface area contributed by atoms with E-state index in [9.17, 15) is 0 Å². The number of allylic oxidation sites excluding steroid dienone is 1. The molecule has 82 valence electrons. The Labute approximate surface area is 87.5 Å². The third kappa shape index (κ3) is 4.25. The average Bonchev–Trinajstić information content (AvgIpc) is 2.39. The summed E-state index contributed by atoms with van der Waals surface area (Å²) in [5.41, 5.74) is 6.25. The molecule has 0 unspecified atom stereocenters. The zero-order valence-electron chi connectivity index (χ0n) is 9.30. The van der Waals surface area contributed by atoms with E-state index in [1.807, 2.05) is 19.1 Å². The predicted molar refractivity (Wildman–Crippen MR) is 60.3 cm³/mol. The van der Waals surface area contributed by atoms with Crippen molar-refractivity contribution >= 4 is 0 Å². The Morgan fingerprint density at radius 3 is 2.43 bits per heavy atom. The maximum atomic E-state index is 6.29. The maximum absolute atomic E-state index is 6.29. The normalized spacial score (nSPS) is 22.4. The first kappa shape index (κ1) is 11.7. The van der Waals surface area contributed by atoms with Crippen LogP contribution in [0.15, 0.2) is 12.2 Å². The van der Waals surface area contributed by atoms with Crippen molar-refractivity contribution in [2.24, 2.45) is 5.73 Å². The van der Waals surface area contributed by atoms with Gasteiger partial charge in [0.1, 0.15) is 0 Å². The Morgan fingerprint density at radius 1 is 1.21 bits per heavy atom. The summed E-state index contributed by atoms with van der Waals surface area (Å²) in [6.45, 7) is 3.43. The summed E-state index contributed by atoms with van der Waals surface area (Å²) in [6, 6.07) is 0. The minimum absolute atomic E-state index is 0.0436. The Balaban J connectivity index is 2.24. The number of hydrogen-bond acceptors (Lipinski definition) is 2. The van der Waals surface area contributed by atoms with Crippen LogP contribution >= 0.6 is 0 Å². The molecule has 0 amide bonds. The van der Waals surface area contributed by atoms with Crippen molar-refractivity contribution in [1.29, 1.82) is 0 Å². The van der Waals surface area contributed by atoms with Crippen LogP contribution in [-0.4, -0.2) is 18.8 Å². The molecule has 0 bridgehead atoms. The fourth-order valence-corrected chi connectivity index (χ4v) is 2.00. The van der Waals surface area contributed by atoms with Gasteiger partial charge in [-0.2, -0.15) is 0 Å². The number of rotatable bonds is 4. The van der Waals surface area contributed by atoms with E-state index in [-0.39, 0.29) is 5.54 Å². The lowest BCUT2D eigenvalue weighted by Gasteiger charge is -2.27. The minimum atomic E-state index is -0.0436. The summed E-state index contributed by atoms with van der Waals surface area (Å²) in [6.07, 6.45) is 11.5. The van der Waals surface area contributed by atoms with Crippen LogP contribution < -0.4 is 5.73 Å². The van der Waals surface area contributed by atoms with Gasteiger partial charge >= 0.3 is 0 Å². The van der Waals surface area contributed by atoms with Gasteiger partial charge < -0.3 is 10.5 Å². The average molecular weight is 197 g/mol. The van der Waals surface area contributed by atoms with E-state index >= 15 is 0 Å². The first-order valence-corrected chi connectivity index (χ1v) is 5.75. The van der Waals surface area contributed by atoms with Gasteiger partial charge in [-0.05, 0) is 19.8 Å². The smallest absolute Gasteiger partial charge is 0.0650 e. The first-order chi connectivity index (χ1) is 6.77. The van der Waals surface area contributed by atoms with Gasteiger partial charge in [-0.1, -0.05) is 37.8 Å². The van der Waals surface area contributed by atoms with Crippen LogP contribution in [0.25, 0.3) is 0 Å². The third-order valence-electron chi connectivity index (χ3n) is 2.94. The van der Waals surface area contributed by atoms with Crippen LogP contribution in [0.5, 0.6) is 0 Å². The molecule has 1 aliphatic carbocycles. The van der Waals surface area contributed by atoms with Gasteiger partial charge in [-0.15, -0.1) is 0 Å². The van der Waals surface area contributed by atoms with Crippen LogP contribution in [-0.2, 0) is 4.74 Å². The molecule has 0 saturated heterocycles. The van der Waals surface area contributed by atoms with Gasteiger partial charge in [0.05, 0.1) is 13.2 Å². The molecule has 0 aromatic heterocycles. The van der Waals surface area contributed by atoms with E-state index < -0.39 is 0 Å². The van der Waals surface area contributed by atoms with E-state index in [4.69, 9.17) is 10.5 Å². The van der Waals surface area contributed by atoms with Crippen LogP contribution in [0.3, 0.4) is 0 Å². The predicted octanol–water partition coefficient (Wildman–Crippen LogP) is 2.63. The molecule has 1 saturated carbocycles. The highest BCUT2D eigenvalue weighted by Crippen LogP contribution is 2.24. The zero-order chi connectivity index (χ0) is 10.3. The van der Waals surface area contributed by atoms with Gasteiger partial charge in [-0.25, -0.2) is 0 Å². The monoisotopic (exact) mass is 197 g/mol. The van der Waals surface area contributed by atoms with Gasteiger partial charge in [0.25, 0.3) is 0 Å². The maximum Gasteiger partial charge on any atom is 0.0650 e. The molecule has 2 N–H and O–H groups in total. The van der Waals surface area contributed by atoms with Gasteiger partial charge in [0.15, 0.2) is 0 Å². The Hall–Kier alpha value is -0.340. The molecule has 2 nitrogen and oxygen atoms in total. The third-order valence-corrected chi connectivity index (χ3v) is 2.94. The minimum Gasteiger partial charge on any atom is -0.375 e. The van der Waals surface area contributed by atoms with E-state index in [0.717, 1.165) is 19.4 Å². The number of hydrogen-bond donors (Lipinski definition) is 1. The van der Waals surface area contributed by atoms with Crippen molar-refractivity contribution in [1.82, 2.24) is 0 Å². The van der Waals surface area contributed by atoms with Crippen molar-refractivity contribution in [3.63, 3.8) is 0 Å². The highest BCUT2D eigenvalue weighted by atomic mass is 16.5. The number of nitrogens with two attached hydrogens (primary N) is 1. The molecule has 0 heterocycles. The van der Waals surface area contributed by atoms with E-state index in [0.29, 0.717) is 6.61 Å². The van der Waals surface area contributed by atoms with Crippen LogP contribution in [0, 0.1) is 0 Å². The second kappa shape index (κ2) is 6.20. The summed E-state index contributed by atoms with van der Waals surface area (Å²) in [7, 11) is 0. The molecule has 0 atom stereocenters. The summed E-state index contributed by atoms with van der Waals surface area (Å²) in [4.78, 5) is 0. The molecule has 0 aliphatic heterocycles. The van der Waals surface area contributed by atoms with Crippen LogP contribution in [0.4, 0.5) is 0 Å². The van der Waals surface area contributed by atoms with E-state index in [1.165, 1.54) is 25.7 Å². The van der Waals surface area contributed by atoms with E-state index in [2.05, 4.69) is 0 Å². The summed E-state index contributed by atoms with van der Waals surface area (Å²) < 4.78 is 5.56. The van der Waals surface area contributed by atoms with Crippen molar-refractivity contribution < 1.29 is 4.74 Å². The molecule has 1 aliphatic rings. The molecule has 0 aromatic carbocycles. The highest BCUT2D eigenvalue weighted by molar-refractivity contribution is 4.86. The molecule has 2 heteroatoms. The highest BCUT2D eigenvalue weighted by Gasteiger charge is 2.25. The second-order valence-corrected chi connectivity index (χ2v) is 4.36. The molecule has 14 heavy (non-hydrogen) atoms. The fourth-order valence-electron chi connectivity index (χ4n) is 2.00. The summed E-state index contributed by atoms with van der Waals surface area (Å²) in [5.74, 6) is 0. The van der Waals surface area contributed by atoms with Gasteiger partial charge in [-0.3, -0.25) is 0 Å². The number of ether oxygens (including phenoxy) is 1. The van der Waals surface area contributed by atoms with Crippen molar-refractivity contribution in [3.05, 3.63) is 12.2 Å². The van der Waals surface area contributed by atoms with Gasteiger partial charge in [0.2, 0.25) is 0 Å². The Kier molecular flexibility index (Phi) is 5.20. The summed E-state index contributed by atoms with van der Waals surface area (Å²) in [5, 5.41) is 0. The SMILES string of the molecule is CC=CCOCC1(N)CCCCCC1. The molecule has 1 rings (SSSR count). The summed E-state index contributed by atoms with van der Waals surface area (Å²) >= 11 is 0. The lowest BCUT2D eigenvalue weighted by atomic mass is 9.93. The fraction of sp³-hybridized carbons (Fsp3) is 0.833. The van der Waals surface area contributed by atoms with Crippen molar-refractivity contribution in [2.45, 2.75) is 51.0 Å². The zero-order valence-corrected chi connectivity index (χ0v) is 9.30. The first-order valence-electron chi connectivity index (χ1n) is 5.75. The largest absolute Gasteiger partial charge is 0.375 e. The Bertz CT molecular complexity index is 169. The molecular weight excluding hydrogens is 174 g/mol. The molecule has 0 radical (unpaired) electrons. The Morgan fingerprint density at radius 2 is 1.86 bits per heavy atom. The van der Waals surface area contributed by atoms with Crippen LogP contribution in [0.2, 0.25) is 0 Å². The standard InChI is InChI=1S/C12H23NO/c1-2-3-10-14-11-12(13)8-6-4-5-7-9-12/h2-3H,4-11,13H2,1H3. The molecular formula is C12H23NO. The van der Waals surface area contributed by atoms with Crippen molar-refractivity contribution in [2.75, 3.05) is 13.2 Å². The quantitative estimate of drug-likeness (QED) is 0.427. The molecule has 0 spiro atoms. The van der Waals surface area contributed by atoms with Crippen LogP contribution in [0.1, 0.15) is 45.4 Å². The second-order valence-electron chi connectivity index (χ2n) is 4.36. The lowest BCUT2D eigenvalue weighted by molar-refractivity contribution is 0.0974. The van der Waals surface area contributed by atoms with Gasteiger partial charge in [0, 0.05) is 5.54 Å². The van der Waals surface area contributed by atoms with Crippen molar-refractivity contribution in [3.8, 4) is 0 Å². The topological polar surface area (TPSA) is 35.2 Å². The van der Waals surface area contributed by atoms with E-state index in [1.54, 1.807) is 0 Å².